The predicted molar refractivity (Wildman–Crippen MR) is 120 cm³/mol. The topological polar surface area (TPSA) is 110 Å². The Morgan fingerprint density at radius 2 is 1.75 bits per heavy atom. The monoisotopic (exact) mass is 437 g/mol. The molecular formula is C24H27N3O5. The summed E-state index contributed by atoms with van der Waals surface area (Å²) in [5, 5.41) is 6.36. The van der Waals surface area contributed by atoms with Gasteiger partial charge in [-0.15, -0.1) is 0 Å². The van der Waals surface area contributed by atoms with E-state index < -0.39 is 24.5 Å². The molecule has 2 aromatic carbocycles. The maximum atomic E-state index is 12.7. The van der Waals surface area contributed by atoms with Crippen molar-refractivity contribution in [2.45, 2.75) is 32.4 Å². The molecule has 8 heteroatoms. The molecular weight excluding hydrogens is 410 g/mol. The number of benzene rings is 2. The van der Waals surface area contributed by atoms with Crippen LogP contribution in [0.2, 0.25) is 0 Å². The van der Waals surface area contributed by atoms with E-state index in [1.165, 1.54) is 6.92 Å². The number of esters is 1. The summed E-state index contributed by atoms with van der Waals surface area (Å²) in [5.74, 6) is -0.834. The molecule has 3 N–H and O–H groups in total. The molecule has 8 nitrogen and oxygen atoms in total. The zero-order valence-corrected chi connectivity index (χ0v) is 18.3. The van der Waals surface area contributed by atoms with Crippen LogP contribution in [0.15, 0.2) is 54.7 Å². The Bertz CT molecular complexity index is 1110. The van der Waals surface area contributed by atoms with Gasteiger partial charge in [-0.2, -0.15) is 0 Å². The lowest BCUT2D eigenvalue weighted by atomic mass is 10.0. The third-order valence-corrected chi connectivity index (χ3v) is 5.09. The quantitative estimate of drug-likeness (QED) is 0.446. The maximum Gasteiger partial charge on any atom is 0.329 e. The zero-order chi connectivity index (χ0) is 23.1. The molecule has 2 atom stereocenters. The second kappa shape index (κ2) is 10.5. The standard InChI is InChI=1S/C24H27N3O5/c1-15(18-8-5-7-11-22(18)31-3)26-23(29)14-32-24(30)21(27-16(2)28)12-17-13-25-20-10-6-4-9-19(17)20/h4-11,13,15,21,25H,12,14H2,1-3H3,(H,26,29)(H,27,28)/t15?,21-/m0/s1. The number of H-pyrrole nitrogens is 1. The van der Waals surface area contributed by atoms with E-state index in [4.69, 9.17) is 9.47 Å². The summed E-state index contributed by atoms with van der Waals surface area (Å²) in [6, 6.07) is 13.8. The number of aromatic amines is 1. The molecule has 1 unspecified atom stereocenters. The number of hydrogen-bond acceptors (Lipinski definition) is 5. The van der Waals surface area contributed by atoms with Crippen molar-refractivity contribution in [2.24, 2.45) is 0 Å². The number of ether oxygens (including phenoxy) is 2. The van der Waals surface area contributed by atoms with Gasteiger partial charge in [-0.05, 0) is 24.6 Å². The van der Waals surface area contributed by atoms with Gasteiger partial charge in [0.1, 0.15) is 11.8 Å². The number of nitrogens with one attached hydrogen (secondary N) is 3. The summed E-state index contributed by atoms with van der Waals surface area (Å²) in [5.41, 5.74) is 2.61. The van der Waals surface area contributed by atoms with Crippen LogP contribution in [-0.4, -0.2) is 42.5 Å². The highest BCUT2D eigenvalue weighted by atomic mass is 16.5. The summed E-state index contributed by atoms with van der Waals surface area (Å²) < 4.78 is 10.5. The van der Waals surface area contributed by atoms with E-state index in [0.29, 0.717) is 5.75 Å². The maximum absolute atomic E-state index is 12.7. The molecule has 0 saturated heterocycles. The Morgan fingerprint density at radius 3 is 2.50 bits per heavy atom. The van der Waals surface area contributed by atoms with Gasteiger partial charge in [0.15, 0.2) is 6.61 Å². The van der Waals surface area contributed by atoms with Gasteiger partial charge in [0.2, 0.25) is 5.91 Å². The van der Waals surface area contributed by atoms with Crippen LogP contribution in [-0.2, 0) is 25.5 Å². The number of aromatic nitrogens is 1. The van der Waals surface area contributed by atoms with Crippen molar-refractivity contribution in [3.8, 4) is 5.75 Å². The minimum atomic E-state index is -0.911. The van der Waals surface area contributed by atoms with Gasteiger partial charge in [0.05, 0.1) is 13.2 Å². The molecule has 32 heavy (non-hydrogen) atoms. The molecule has 0 fully saturated rings. The van der Waals surface area contributed by atoms with Crippen molar-refractivity contribution in [3.05, 3.63) is 65.9 Å². The minimum absolute atomic E-state index is 0.238. The van der Waals surface area contributed by atoms with E-state index in [1.54, 1.807) is 19.4 Å². The molecule has 3 rings (SSSR count). The Hall–Kier alpha value is -3.81. The van der Waals surface area contributed by atoms with Crippen LogP contribution in [0, 0.1) is 0 Å². The van der Waals surface area contributed by atoms with Gasteiger partial charge in [-0.3, -0.25) is 9.59 Å². The molecule has 0 radical (unpaired) electrons. The number of amides is 2. The third-order valence-electron chi connectivity index (χ3n) is 5.09. The zero-order valence-electron chi connectivity index (χ0n) is 18.3. The normalized spacial score (nSPS) is 12.6. The second-order valence-electron chi connectivity index (χ2n) is 7.46. The molecule has 168 valence electrons. The fourth-order valence-corrected chi connectivity index (χ4v) is 3.58. The van der Waals surface area contributed by atoms with Crippen molar-refractivity contribution in [3.63, 3.8) is 0 Å². The molecule has 1 aromatic heterocycles. The molecule has 0 aliphatic heterocycles. The SMILES string of the molecule is COc1ccccc1C(C)NC(=O)COC(=O)[C@H](Cc1c[nH]c2ccccc12)NC(C)=O. The van der Waals surface area contributed by atoms with Crippen molar-refractivity contribution in [1.29, 1.82) is 0 Å². The molecule has 2 amide bonds. The summed E-state index contributed by atoms with van der Waals surface area (Å²) >= 11 is 0. The number of rotatable bonds is 9. The fourth-order valence-electron chi connectivity index (χ4n) is 3.58. The van der Waals surface area contributed by atoms with Gasteiger partial charge in [-0.25, -0.2) is 4.79 Å². The van der Waals surface area contributed by atoms with Crippen LogP contribution < -0.4 is 15.4 Å². The fraction of sp³-hybridized carbons (Fsp3) is 0.292. The van der Waals surface area contributed by atoms with Gasteiger partial charge in [0, 0.05) is 36.0 Å². The van der Waals surface area contributed by atoms with Crippen molar-refractivity contribution in [1.82, 2.24) is 15.6 Å². The van der Waals surface area contributed by atoms with Crippen LogP contribution in [0.1, 0.15) is 31.0 Å². The third kappa shape index (κ3) is 5.66. The summed E-state index contributed by atoms with van der Waals surface area (Å²) in [6.45, 7) is 2.69. The summed E-state index contributed by atoms with van der Waals surface area (Å²) in [7, 11) is 1.56. The summed E-state index contributed by atoms with van der Waals surface area (Å²) in [4.78, 5) is 39.8. The molecule has 0 spiro atoms. The van der Waals surface area contributed by atoms with Gasteiger partial charge >= 0.3 is 5.97 Å². The van der Waals surface area contributed by atoms with E-state index >= 15 is 0 Å². The van der Waals surface area contributed by atoms with Crippen LogP contribution in [0.4, 0.5) is 0 Å². The van der Waals surface area contributed by atoms with Crippen molar-refractivity contribution in [2.75, 3.05) is 13.7 Å². The van der Waals surface area contributed by atoms with Crippen LogP contribution in [0.3, 0.4) is 0 Å². The first-order valence-corrected chi connectivity index (χ1v) is 10.3. The largest absolute Gasteiger partial charge is 0.496 e. The smallest absolute Gasteiger partial charge is 0.329 e. The van der Waals surface area contributed by atoms with Crippen molar-refractivity contribution >= 4 is 28.7 Å². The van der Waals surface area contributed by atoms with Crippen LogP contribution in [0.5, 0.6) is 5.75 Å². The number of carbonyl (C=O) groups is 3. The average Bonchev–Trinajstić information content (AvgIpc) is 3.19. The van der Waals surface area contributed by atoms with E-state index in [-0.39, 0.29) is 18.4 Å². The van der Waals surface area contributed by atoms with E-state index in [9.17, 15) is 14.4 Å². The van der Waals surface area contributed by atoms with E-state index in [0.717, 1.165) is 22.0 Å². The Labute approximate surface area is 186 Å². The van der Waals surface area contributed by atoms with E-state index in [2.05, 4.69) is 15.6 Å². The number of methoxy groups -OCH3 is 1. The first-order valence-electron chi connectivity index (χ1n) is 10.3. The lowest BCUT2D eigenvalue weighted by Crippen LogP contribution is -2.43. The Morgan fingerprint density at radius 1 is 1.03 bits per heavy atom. The molecule has 0 bridgehead atoms. The van der Waals surface area contributed by atoms with Gasteiger partial charge in [0.25, 0.3) is 5.91 Å². The molecule has 0 aliphatic rings. The average molecular weight is 437 g/mol. The second-order valence-corrected chi connectivity index (χ2v) is 7.46. The number of carbonyl (C=O) groups excluding carboxylic acids is 3. The first-order chi connectivity index (χ1) is 15.4. The highest BCUT2D eigenvalue weighted by molar-refractivity contribution is 5.88. The highest BCUT2D eigenvalue weighted by Gasteiger charge is 2.24. The van der Waals surface area contributed by atoms with Crippen LogP contribution in [0.25, 0.3) is 10.9 Å². The number of fused-ring (bicyclic) bond motifs is 1. The predicted octanol–water partition coefficient (Wildman–Crippen LogP) is 2.64. The first kappa shape index (κ1) is 22.9. The van der Waals surface area contributed by atoms with Gasteiger partial charge < -0.3 is 25.1 Å². The minimum Gasteiger partial charge on any atom is -0.496 e. The lowest BCUT2D eigenvalue weighted by Gasteiger charge is -2.19. The number of hydrogen-bond donors (Lipinski definition) is 3. The highest BCUT2D eigenvalue weighted by Crippen LogP contribution is 2.24. The Balaban J connectivity index is 1.61. The molecule has 0 aliphatic carbocycles. The van der Waals surface area contributed by atoms with Gasteiger partial charge in [-0.1, -0.05) is 36.4 Å². The Kier molecular flexibility index (Phi) is 7.49. The van der Waals surface area contributed by atoms with E-state index in [1.807, 2.05) is 49.4 Å². The van der Waals surface area contributed by atoms with Crippen LogP contribution >= 0.6 is 0 Å². The summed E-state index contributed by atoms with van der Waals surface area (Å²) in [6.07, 6.45) is 2.04. The lowest BCUT2D eigenvalue weighted by molar-refractivity contribution is -0.151. The van der Waals surface area contributed by atoms with Crippen molar-refractivity contribution < 1.29 is 23.9 Å². The number of para-hydroxylation sites is 2. The molecule has 1 heterocycles. The molecule has 3 aromatic rings. The molecule has 0 saturated carbocycles.